The number of carbonyl (C=O) groups excluding carboxylic acids is 1. The predicted molar refractivity (Wildman–Crippen MR) is 442 cm³/mol. The summed E-state index contributed by atoms with van der Waals surface area (Å²) in [4.78, 5) is 126. The number of imidazole rings is 2. The summed E-state index contributed by atoms with van der Waals surface area (Å²) in [6.07, 6.45) is -16.0. The standard InChI is InChI=1S/C42H62N8O13P2S2Si2.C23H25N7O12P2S2.2H3N/c1-24(2)35(51)47-40-46-34-29(36(52)48-40)45-23-49(34)38-32-31(62-68(10,11)41(3,4)5)28(59-38)20-56-64(54,66)60-30-27(21-57-65(67,61-32)55-19-18-43-9)58-39(33(30)63-69(12,13)42(6,7)8)50-22-44-26-17-15-14-16-25(26)37(50)53;24-23-27-18-13(19(33)28-23)26-8-29(18)22-17-14(31)11(39-22)5-37-43(35,45)41-16-12(6-38-44(36,46)42-17)40-21(15(16)32)30-7-25-10-4-2-1-3-9(10)20(30)34;;/h14-17,22-24,27-28,30-33,38-39H,18-21H2,1-8,10-13H3,(H,54,66)(H2,46,47,48,51,52);1-4,7-8,11-12,14-17,21-22,31-32H,5-6H2,(H,35,45)(H,36,46)(H3,24,27,28,33);2*1H3/p+1/t27-,28-,30-,31-,32-,33-,38-,39-,64?,65?;11-,12-,14-,15-,16-,17-,21-,22-,43?,44?;;/m11../s1. The number of fused-ring (bicyclic) bond motifs is 10. The van der Waals surface area contributed by atoms with Crippen LogP contribution in [0.3, 0.4) is 0 Å². The summed E-state index contributed by atoms with van der Waals surface area (Å²) in [5, 5.41) is 24.9. The average molecular weight is 1820 g/mol. The zero-order chi connectivity index (χ0) is 83.2. The maximum Gasteiger partial charge on any atom is 0.386 e. The first-order valence-corrected chi connectivity index (χ1v) is 52.2. The molecule has 6 aliphatic heterocycles. The van der Waals surface area contributed by atoms with Crippen LogP contribution in [0.2, 0.25) is 36.3 Å². The molecule has 1 amide bonds. The number of hydrogen-bond donors (Lipinski definition) is 10. The highest BCUT2D eigenvalue weighted by atomic mass is 32.7. The van der Waals surface area contributed by atoms with Gasteiger partial charge in [0.15, 0.2) is 63.9 Å². The van der Waals surface area contributed by atoms with Gasteiger partial charge < -0.3 is 93.3 Å². The zero-order valence-corrected chi connectivity index (χ0v) is 74.7. The smallest absolute Gasteiger partial charge is 0.386 e. The van der Waals surface area contributed by atoms with Crippen LogP contribution in [0.5, 0.6) is 0 Å². The van der Waals surface area contributed by atoms with Crippen molar-refractivity contribution in [2.45, 2.75) is 190 Å². The molecule has 4 unspecified atom stereocenters. The number of amides is 1. The molecule has 0 saturated carbocycles. The van der Waals surface area contributed by atoms with Gasteiger partial charge in [-0.2, -0.15) is 9.97 Å². The first-order valence-electron chi connectivity index (χ1n) is 36.0. The van der Waals surface area contributed by atoms with Gasteiger partial charge in [0.25, 0.3) is 22.2 Å². The van der Waals surface area contributed by atoms with Crippen molar-refractivity contribution >= 4 is 153 Å². The molecule has 6 aromatic heterocycles. The Labute approximate surface area is 690 Å². The molecule has 20 atom stereocenters. The second-order valence-corrected chi connectivity index (χ2v) is 51.9. The van der Waals surface area contributed by atoms with E-state index in [0.717, 1.165) is 4.57 Å². The third-order valence-corrected chi connectivity index (χ3v) is 36.9. The van der Waals surface area contributed by atoms with Crippen LogP contribution < -0.4 is 50.5 Å². The van der Waals surface area contributed by atoms with E-state index in [-0.39, 0.29) is 75.1 Å². The van der Waals surface area contributed by atoms with Gasteiger partial charge in [-0.25, -0.2) is 31.1 Å². The monoisotopic (exact) mass is 1820 g/mol. The Morgan fingerprint density at radius 1 is 0.658 bits per heavy atom. The van der Waals surface area contributed by atoms with Crippen molar-refractivity contribution in [1.29, 1.82) is 0 Å². The normalized spacial score (nSPS) is 32.0. The fourth-order valence-electron chi connectivity index (χ4n) is 12.8. The van der Waals surface area contributed by atoms with E-state index in [0.29, 0.717) is 16.4 Å². The van der Waals surface area contributed by atoms with Crippen molar-refractivity contribution in [3.63, 3.8) is 0 Å². The Balaban J connectivity index is 0.000000243. The number of aromatic nitrogens is 12. The first kappa shape index (κ1) is 92.0. The Kier molecular flexibility index (Phi) is 27.7. The van der Waals surface area contributed by atoms with Crippen LogP contribution in [0.4, 0.5) is 11.9 Å². The fourth-order valence-corrected chi connectivity index (χ4v) is 21.8. The van der Waals surface area contributed by atoms with Gasteiger partial charge in [-0.3, -0.25) is 75.6 Å². The van der Waals surface area contributed by atoms with E-state index in [1.54, 1.807) is 62.4 Å². The van der Waals surface area contributed by atoms with Crippen molar-refractivity contribution in [2.75, 3.05) is 50.6 Å². The van der Waals surface area contributed by atoms with Crippen molar-refractivity contribution in [2.24, 2.45) is 5.92 Å². The number of para-hydroxylation sites is 2. The van der Waals surface area contributed by atoms with Gasteiger partial charge >= 0.3 is 20.2 Å². The molecule has 52 heteroatoms. The minimum absolute atomic E-state index is 0. The summed E-state index contributed by atoms with van der Waals surface area (Å²) in [5.41, 5.74) is 4.09. The number of nitrogens with one attached hydrogen (secondary N) is 3. The maximum atomic E-state index is 14.3. The highest BCUT2D eigenvalue weighted by molar-refractivity contribution is 8.44. The van der Waals surface area contributed by atoms with Crippen molar-refractivity contribution < 1.29 is 97.9 Å². The van der Waals surface area contributed by atoms with Crippen molar-refractivity contribution in [3.8, 4) is 0 Å². The molecule has 0 radical (unpaired) electrons. The molecule has 2 aromatic carbocycles. The van der Waals surface area contributed by atoms with Gasteiger partial charge in [0.1, 0.15) is 99.2 Å². The van der Waals surface area contributed by atoms with E-state index in [2.05, 4.69) is 104 Å². The molecule has 117 heavy (non-hydrogen) atoms. The molecule has 6 saturated heterocycles. The van der Waals surface area contributed by atoms with E-state index in [9.17, 15) is 48.5 Å². The van der Waals surface area contributed by atoms with E-state index in [1.807, 2.05) is 26.2 Å². The number of aliphatic hydroxyl groups is 2. The van der Waals surface area contributed by atoms with Crippen molar-refractivity contribution in [3.05, 3.63) is 127 Å². The number of nitrogens with zero attached hydrogens (tertiary/aromatic N) is 11. The lowest BCUT2D eigenvalue weighted by molar-refractivity contribution is -0.217. The van der Waals surface area contributed by atoms with Crippen molar-refractivity contribution in [1.82, 2.24) is 70.4 Å². The number of aromatic amines is 2. The topological polar surface area (TPSA) is 569 Å². The van der Waals surface area contributed by atoms with E-state index in [1.165, 1.54) is 39.0 Å². The molecule has 6 aliphatic rings. The summed E-state index contributed by atoms with van der Waals surface area (Å²) in [7, 11) is -5.53. The number of nitrogen functional groups attached to an aromatic ring is 1. The fraction of sp³-hybridized carbons (Fsp3) is 0.569. The number of anilines is 2. The van der Waals surface area contributed by atoms with Crippen LogP contribution in [0.1, 0.15) is 80.3 Å². The predicted octanol–water partition coefficient (Wildman–Crippen LogP) is 6.71. The average Bonchev–Trinajstić information content (AvgIpc) is 1.61. The van der Waals surface area contributed by atoms with E-state index in [4.69, 9.17) is 116 Å². The number of ether oxygens (including phenoxy) is 4. The number of hydrogen-bond acceptors (Lipinski definition) is 34. The van der Waals surface area contributed by atoms with Gasteiger partial charge in [0, 0.05) is 5.92 Å². The Morgan fingerprint density at radius 3 is 1.74 bits per heavy atom. The zero-order valence-electron chi connectivity index (χ0n) is 65.8. The molecule has 42 nitrogen and oxygen atoms in total. The number of H-pyrrole nitrogens is 2. The lowest BCUT2D eigenvalue weighted by atomic mass is 10.1. The number of carbonyl (C=O) groups is 1. The third-order valence-electron chi connectivity index (χ3n) is 20.9. The lowest BCUT2D eigenvalue weighted by Gasteiger charge is -2.41. The number of nitrogens with two attached hydrogens (primary N) is 1. The van der Waals surface area contributed by atoms with Gasteiger partial charge in [-0.15, -0.1) is 0 Å². The number of rotatable bonds is 13. The largest absolute Gasteiger partial charge is 0.780 e. The van der Waals surface area contributed by atoms with Crippen LogP contribution in [0, 0.1) is 12.5 Å². The molecule has 4 bridgehead atoms. The number of benzene rings is 2. The summed E-state index contributed by atoms with van der Waals surface area (Å²) >= 11 is 21.2. The summed E-state index contributed by atoms with van der Waals surface area (Å²) < 4.78 is 113. The van der Waals surface area contributed by atoms with E-state index >= 15 is 0 Å². The number of quaternary nitrogens is 2. The molecule has 8 aromatic rings. The van der Waals surface area contributed by atoms with Crippen LogP contribution in [-0.2, 0) is 113 Å². The summed E-state index contributed by atoms with van der Waals surface area (Å²) in [6, 6.07) is 13.4. The minimum Gasteiger partial charge on any atom is -0.780 e. The Morgan fingerprint density at radius 2 is 1.15 bits per heavy atom. The highest BCUT2D eigenvalue weighted by Crippen LogP contribution is 2.61. The van der Waals surface area contributed by atoms with Crippen LogP contribution >= 0.6 is 39.2 Å². The molecule has 640 valence electrons. The molecule has 0 spiro atoms. The van der Waals surface area contributed by atoms with Gasteiger partial charge in [-0.1, -0.05) is 104 Å². The minimum atomic E-state index is -4.48. The second-order valence-electron chi connectivity index (χ2n) is 31.0. The van der Waals surface area contributed by atoms with Gasteiger partial charge in [0.05, 0.1) is 60.9 Å². The third kappa shape index (κ3) is 19.4. The molecule has 14 rings (SSSR count). The quantitative estimate of drug-likeness (QED) is 0.0188. The number of thiol groups is 1. The maximum absolute atomic E-state index is 14.3. The van der Waals surface area contributed by atoms with Gasteiger partial charge in [-0.05, 0) is 84.1 Å². The highest BCUT2D eigenvalue weighted by Gasteiger charge is 2.59. The molecule has 12 heterocycles. The molecular weight excluding hydrogens is 1730 g/mol. The van der Waals surface area contributed by atoms with Crippen LogP contribution in [0.25, 0.3) is 49.0 Å². The van der Waals surface area contributed by atoms with Crippen LogP contribution in [-0.4, -0.2) is 209 Å². The lowest BCUT2D eigenvalue weighted by Crippen LogP contribution is -2.50. The summed E-state index contributed by atoms with van der Waals surface area (Å²) in [6.45, 7) is 11.7. The SMILES string of the molecule is Nc1nc2c(ncn2[C@@H]2O[C@@H]3COP([O-])(=S)O[C@H]4[C@@H](O)[C@H](n5cnc6ccccc6c5=O)O[C@@H]4COP(=O)(S)O[C@@H]2[C@@H]3O)c(=O)[nH]1.[C-]#[N+]CCOP1(=S)OC[C@H]2O[C@@H](n3cnc4ccccc4c3=O)[C@H](O[Si](C)(C)C(C)(C)C)[C@@H]2OP(O)(=S)OC[C@H]2O[C@@H](n3cnc4c(=O)[nH]c(NC(=O)C(C)C)nc43)[C@H](O1)[C@@H]2O[Si](C)(C)C(C)(C)C.[NH4+].[NH4+]. The Bertz CT molecular complexity index is 5540. The number of aliphatic hydroxyl groups excluding tert-OH is 2. The van der Waals surface area contributed by atoms with Crippen LogP contribution in [0.15, 0.2) is 93.0 Å². The second kappa shape index (κ2) is 35.3. The van der Waals surface area contributed by atoms with E-state index < -0.39 is 202 Å². The first-order chi connectivity index (χ1) is 53.9. The molecular formula is C65H94N17O25P4S4Si2+. The molecule has 0 aliphatic carbocycles. The summed E-state index contributed by atoms with van der Waals surface area (Å²) in [5.74, 6) is -1.19. The Hall–Kier alpha value is -5.70. The molecule has 6 fully saturated rings. The van der Waals surface area contributed by atoms with Gasteiger partial charge in [0.2, 0.25) is 24.3 Å². The molecule has 16 N–H and O–H groups in total.